The number of rotatable bonds is 2. The van der Waals surface area contributed by atoms with Gasteiger partial charge in [0.15, 0.2) is 12.4 Å². The molecule has 1 aromatic carbocycles. The molecule has 2 heterocycles. The number of hydrogen-bond donors (Lipinski definition) is 0. The van der Waals surface area contributed by atoms with E-state index in [1.165, 1.54) is 0 Å². The lowest BCUT2D eigenvalue weighted by molar-refractivity contribution is -0.671. The molecule has 3 rings (SSSR count). The molecule has 96 valence electrons. The van der Waals surface area contributed by atoms with E-state index in [2.05, 4.69) is 21.7 Å². The highest BCUT2D eigenvalue weighted by atomic mass is 16.5. The van der Waals surface area contributed by atoms with E-state index >= 15 is 0 Å². The average molecular weight is 254 g/mol. The molecule has 2 aromatic heterocycles. The van der Waals surface area contributed by atoms with Crippen LogP contribution in [-0.4, -0.2) is 16.7 Å². The molecule has 0 fully saturated rings. The predicted molar refractivity (Wildman–Crippen MR) is 73.9 cm³/mol. The second-order valence-corrected chi connectivity index (χ2v) is 4.60. The Labute approximate surface area is 111 Å². The standard InChI is InChI=1S/C15H16N3O/c1-17-8-6-11(7-9-17)15-16-13-5-4-12(19-3)10-14(13)18(15)2/h4-10H,1-3H3/q+1. The lowest BCUT2D eigenvalue weighted by Gasteiger charge is -2.02. The molecule has 0 spiro atoms. The van der Waals surface area contributed by atoms with E-state index in [1.54, 1.807) is 7.11 Å². The summed E-state index contributed by atoms with van der Waals surface area (Å²) in [5.74, 6) is 1.81. The number of nitrogens with zero attached hydrogens (tertiary/aromatic N) is 3. The van der Waals surface area contributed by atoms with Crippen molar-refractivity contribution in [3.63, 3.8) is 0 Å². The number of aryl methyl sites for hydroxylation is 2. The summed E-state index contributed by atoms with van der Waals surface area (Å²) < 4.78 is 9.36. The van der Waals surface area contributed by atoms with Crippen molar-refractivity contribution in [2.24, 2.45) is 14.1 Å². The molecule has 0 saturated carbocycles. The van der Waals surface area contributed by atoms with Crippen molar-refractivity contribution in [2.75, 3.05) is 7.11 Å². The largest absolute Gasteiger partial charge is 0.497 e. The molecule has 3 aromatic rings. The second kappa shape index (κ2) is 4.39. The predicted octanol–water partition coefficient (Wildman–Crippen LogP) is 2.07. The van der Waals surface area contributed by atoms with E-state index in [9.17, 15) is 0 Å². The third kappa shape index (κ3) is 1.95. The van der Waals surface area contributed by atoms with E-state index in [-0.39, 0.29) is 0 Å². The minimum Gasteiger partial charge on any atom is -0.497 e. The number of aromatic nitrogens is 3. The van der Waals surface area contributed by atoms with Crippen LogP contribution in [0.5, 0.6) is 5.75 Å². The number of fused-ring (bicyclic) bond motifs is 1. The summed E-state index contributed by atoms with van der Waals surface area (Å²) in [5.41, 5.74) is 3.16. The molecule has 0 aliphatic rings. The highest BCUT2D eigenvalue weighted by Crippen LogP contribution is 2.25. The average Bonchev–Trinajstić information content (AvgIpc) is 2.76. The van der Waals surface area contributed by atoms with Crippen LogP contribution in [-0.2, 0) is 14.1 Å². The van der Waals surface area contributed by atoms with Gasteiger partial charge in [-0.2, -0.15) is 0 Å². The molecule has 0 aliphatic carbocycles. The Hall–Kier alpha value is -2.36. The van der Waals surface area contributed by atoms with E-state index < -0.39 is 0 Å². The minimum atomic E-state index is 0.849. The first-order chi connectivity index (χ1) is 9.19. The third-order valence-electron chi connectivity index (χ3n) is 3.32. The fourth-order valence-corrected chi connectivity index (χ4v) is 2.20. The van der Waals surface area contributed by atoms with Crippen LogP contribution in [0.15, 0.2) is 42.7 Å². The van der Waals surface area contributed by atoms with Gasteiger partial charge in [0.05, 0.1) is 18.1 Å². The fourth-order valence-electron chi connectivity index (χ4n) is 2.20. The SMILES string of the molecule is COc1ccc2nc(-c3cc[n+](C)cc3)n(C)c2c1. The molecule has 0 amide bonds. The Morgan fingerprint density at radius 3 is 2.58 bits per heavy atom. The first kappa shape index (κ1) is 11.7. The Bertz CT molecular complexity index is 729. The van der Waals surface area contributed by atoms with Gasteiger partial charge < -0.3 is 9.30 Å². The van der Waals surface area contributed by atoms with E-state index in [4.69, 9.17) is 4.74 Å². The minimum absolute atomic E-state index is 0.849. The molecule has 0 N–H and O–H groups in total. The van der Waals surface area contributed by atoms with Gasteiger partial charge in [-0.3, -0.25) is 0 Å². The summed E-state index contributed by atoms with van der Waals surface area (Å²) in [6.07, 6.45) is 4.05. The molecule has 0 saturated heterocycles. The zero-order chi connectivity index (χ0) is 13.4. The second-order valence-electron chi connectivity index (χ2n) is 4.60. The van der Waals surface area contributed by atoms with Gasteiger partial charge in [0, 0.05) is 30.8 Å². The van der Waals surface area contributed by atoms with Gasteiger partial charge in [0.2, 0.25) is 0 Å². The maximum atomic E-state index is 5.26. The van der Waals surface area contributed by atoms with Crippen molar-refractivity contribution in [1.82, 2.24) is 9.55 Å². The lowest BCUT2D eigenvalue weighted by atomic mass is 10.2. The first-order valence-electron chi connectivity index (χ1n) is 6.15. The van der Waals surface area contributed by atoms with Crippen LogP contribution in [0.3, 0.4) is 0 Å². The van der Waals surface area contributed by atoms with E-state index in [0.717, 1.165) is 28.2 Å². The van der Waals surface area contributed by atoms with Gasteiger partial charge in [0.1, 0.15) is 18.6 Å². The van der Waals surface area contributed by atoms with Crippen molar-refractivity contribution in [3.05, 3.63) is 42.7 Å². The Balaban J connectivity index is 2.19. The number of pyridine rings is 1. The van der Waals surface area contributed by atoms with Crippen molar-refractivity contribution in [1.29, 1.82) is 0 Å². The smallest absolute Gasteiger partial charge is 0.169 e. The van der Waals surface area contributed by atoms with Crippen molar-refractivity contribution < 1.29 is 9.30 Å². The van der Waals surface area contributed by atoms with Gasteiger partial charge in [-0.05, 0) is 12.1 Å². The topological polar surface area (TPSA) is 30.9 Å². The molecule has 19 heavy (non-hydrogen) atoms. The molecule has 4 nitrogen and oxygen atoms in total. The Kier molecular flexibility index (Phi) is 2.71. The van der Waals surface area contributed by atoms with Crippen LogP contribution in [0.4, 0.5) is 0 Å². The summed E-state index contributed by atoms with van der Waals surface area (Å²) in [6, 6.07) is 10.1. The highest BCUT2D eigenvalue weighted by Gasteiger charge is 2.11. The zero-order valence-corrected chi connectivity index (χ0v) is 11.3. The van der Waals surface area contributed by atoms with Crippen LogP contribution in [0, 0.1) is 0 Å². The molecule has 0 unspecified atom stereocenters. The number of methoxy groups -OCH3 is 1. The third-order valence-corrected chi connectivity index (χ3v) is 3.32. The summed E-state index contributed by atoms with van der Waals surface area (Å²) in [6.45, 7) is 0. The monoisotopic (exact) mass is 254 g/mol. The molecule has 0 bridgehead atoms. The number of ether oxygens (including phenoxy) is 1. The molecular weight excluding hydrogens is 238 g/mol. The van der Waals surface area contributed by atoms with Crippen LogP contribution in [0.1, 0.15) is 0 Å². The van der Waals surface area contributed by atoms with Crippen LogP contribution >= 0.6 is 0 Å². The van der Waals surface area contributed by atoms with Crippen LogP contribution in [0.25, 0.3) is 22.4 Å². The van der Waals surface area contributed by atoms with Gasteiger partial charge in [0.25, 0.3) is 0 Å². The van der Waals surface area contributed by atoms with Crippen molar-refractivity contribution in [3.8, 4) is 17.1 Å². The van der Waals surface area contributed by atoms with E-state index in [1.807, 2.05) is 49.3 Å². The number of imidazole rings is 1. The highest BCUT2D eigenvalue weighted by molar-refractivity contribution is 5.81. The van der Waals surface area contributed by atoms with Crippen molar-refractivity contribution >= 4 is 11.0 Å². The van der Waals surface area contributed by atoms with Crippen molar-refractivity contribution in [2.45, 2.75) is 0 Å². The lowest BCUT2D eigenvalue weighted by Crippen LogP contribution is -2.25. The molecule has 0 radical (unpaired) electrons. The quantitative estimate of drug-likeness (QED) is 0.656. The molecule has 0 atom stereocenters. The van der Waals surface area contributed by atoms with Crippen LogP contribution in [0.2, 0.25) is 0 Å². The summed E-state index contributed by atoms with van der Waals surface area (Å²) in [5, 5.41) is 0. The van der Waals surface area contributed by atoms with Gasteiger partial charge >= 0.3 is 0 Å². The maximum absolute atomic E-state index is 5.26. The van der Waals surface area contributed by atoms with Gasteiger partial charge in [-0.15, -0.1) is 0 Å². The number of benzene rings is 1. The van der Waals surface area contributed by atoms with Gasteiger partial charge in [-0.25, -0.2) is 9.55 Å². The summed E-state index contributed by atoms with van der Waals surface area (Å²) >= 11 is 0. The summed E-state index contributed by atoms with van der Waals surface area (Å²) in [4.78, 5) is 4.69. The fraction of sp³-hybridized carbons (Fsp3) is 0.200. The molecule has 4 heteroatoms. The maximum Gasteiger partial charge on any atom is 0.169 e. The zero-order valence-electron chi connectivity index (χ0n) is 11.3. The normalized spacial score (nSPS) is 10.9. The summed E-state index contributed by atoms with van der Waals surface area (Å²) in [7, 11) is 5.70. The number of hydrogen-bond acceptors (Lipinski definition) is 2. The first-order valence-corrected chi connectivity index (χ1v) is 6.15. The Morgan fingerprint density at radius 2 is 1.89 bits per heavy atom. The molecule has 0 aliphatic heterocycles. The van der Waals surface area contributed by atoms with Gasteiger partial charge in [-0.1, -0.05) is 0 Å². The van der Waals surface area contributed by atoms with E-state index in [0.29, 0.717) is 0 Å². The molecular formula is C15H16N3O+. The Morgan fingerprint density at radius 1 is 1.16 bits per heavy atom. The van der Waals surface area contributed by atoms with Crippen LogP contribution < -0.4 is 9.30 Å².